The summed E-state index contributed by atoms with van der Waals surface area (Å²) < 4.78 is 29.9. The molecule has 0 aliphatic rings. The number of nitrogens with zero attached hydrogens (tertiary/aromatic N) is 6. The molecular weight excluding hydrogens is 764 g/mol. The van der Waals surface area contributed by atoms with Crippen LogP contribution in [-0.4, -0.2) is 9.79 Å². The number of phosphoric acid groups is 1. The van der Waals surface area contributed by atoms with Gasteiger partial charge in [-0.15, -0.1) is 0 Å². The SMILES string of the molecule is N#Cc1ccc(Oc2cccc(-c3cc4ccccc4c(OP(=O)(O)O)c3-c3cccc(Oc4ccc(C#N)c(C#N)c4)c3)c2)cc1C#N.N#Cc1ccccc1C#N. The van der Waals surface area contributed by atoms with E-state index in [0.29, 0.717) is 67.2 Å². The second-order valence-electron chi connectivity index (χ2n) is 12.3. The van der Waals surface area contributed by atoms with Gasteiger partial charge < -0.3 is 14.0 Å². The molecule has 2 N–H and O–H groups in total. The molecule has 0 saturated heterocycles. The molecule has 7 aromatic carbocycles. The van der Waals surface area contributed by atoms with Crippen LogP contribution in [0.4, 0.5) is 0 Å². The Bertz CT molecular complexity index is 3050. The maximum absolute atomic E-state index is 12.4. The molecule has 0 saturated carbocycles. The van der Waals surface area contributed by atoms with Crippen molar-refractivity contribution >= 4 is 18.6 Å². The topological polar surface area (TPSA) is 228 Å². The maximum Gasteiger partial charge on any atom is 0.524 e. The highest BCUT2D eigenvalue weighted by Gasteiger charge is 2.25. The maximum atomic E-state index is 12.4. The van der Waals surface area contributed by atoms with Crippen LogP contribution in [0.3, 0.4) is 0 Å². The van der Waals surface area contributed by atoms with Crippen LogP contribution >= 0.6 is 7.82 Å². The molecule has 12 nitrogen and oxygen atoms in total. The van der Waals surface area contributed by atoms with Gasteiger partial charge in [-0.25, -0.2) is 4.57 Å². The lowest BCUT2D eigenvalue weighted by molar-refractivity contribution is 0.284. The van der Waals surface area contributed by atoms with Crippen LogP contribution in [0, 0.1) is 68.0 Å². The Kier molecular flexibility index (Phi) is 12.1. The molecule has 0 bridgehead atoms. The first-order valence-electron chi connectivity index (χ1n) is 17.2. The van der Waals surface area contributed by atoms with Crippen molar-refractivity contribution in [3.05, 3.63) is 173 Å². The van der Waals surface area contributed by atoms with E-state index in [1.165, 1.54) is 24.3 Å². The van der Waals surface area contributed by atoms with Crippen LogP contribution in [0.5, 0.6) is 28.7 Å². The van der Waals surface area contributed by atoms with Gasteiger partial charge in [0.05, 0.1) is 33.4 Å². The molecule has 0 radical (unpaired) electrons. The highest BCUT2D eigenvalue weighted by Crippen LogP contribution is 2.51. The zero-order chi connectivity index (χ0) is 41.9. The molecule has 0 aliphatic heterocycles. The zero-order valence-corrected chi connectivity index (χ0v) is 31.3. The summed E-state index contributed by atoms with van der Waals surface area (Å²) in [4.78, 5) is 20.1. The Labute approximate surface area is 337 Å². The van der Waals surface area contributed by atoms with Crippen molar-refractivity contribution in [1.82, 2.24) is 0 Å². The van der Waals surface area contributed by atoms with Crippen molar-refractivity contribution in [2.24, 2.45) is 0 Å². The van der Waals surface area contributed by atoms with Crippen LogP contribution in [0.15, 0.2) is 140 Å². The summed E-state index contributed by atoms with van der Waals surface area (Å²) >= 11 is 0. The Hall–Kier alpha value is -8.71. The van der Waals surface area contributed by atoms with E-state index in [1.807, 2.05) is 48.5 Å². The van der Waals surface area contributed by atoms with Gasteiger partial charge in [0.2, 0.25) is 0 Å². The third-order valence-electron chi connectivity index (χ3n) is 8.58. The first-order valence-corrected chi connectivity index (χ1v) is 18.8. The van der Waals surface area contributed by atoms with Crippen molar-refractivity contribution in [3.63, 3.8) is 0 Å². The average Bonchev–Trinajstić information content (AvgIpc) is 3.26. The summed E-state index contributed by atoms with van der Waals surface area (Å²) in [5.41, 5.74) is 3.62. The van der Waals surface area contributed by atoms with Crippen LogP contribution in [-0.2, 0) is 4.57 Å². The Morgan fingerprint density at radius 2 is 0.881 bits per heavy atom. The lowest BCUT2D eigenvalue weighted by Crippen LogP contribution is -1.97. The number of hydrogen-bond donors (Lipinski definition) is 2. The van der Waals surface area contributed by atoms with E-state index in [1.54, 1.807) is 103 Å². The van der Waals surface area contributed by atoms with Crippen LogP contribution in [0.25, 0.3) is 33.0 Å². The van der Waals surface area contributed by atoms with Gasteiger partial charge in [-0.1, -0.05) is 60.7 Å². The van der Waals surface area contributed by atoms with Crippen molar-refractivity contribution in [3.8, 4) is 87.4 Å². The highest BCUT2D eigenvalue weighted by molar-refractivity contribution is 7.46. The second-order valence-corrected chi connectivity index (χ2v) is 13.5. The van der Waals surface area contributed by atoms with Gasteiger partial charge in [-0.3, -0.25) is 9.79 Å². The molecule has 0 heterocycles. The fourth-order valence-corrected chi connectivity index (χ4v) is 6.42. The predicted octanol–water partition coefficient (Wildman–Crippen LogP) is 10.1. The lowest BCUT2D eigenvalue weighted by Gasteiger charge is -2.20. The normalized spacial score (nSPS) is 10.2. The number of phosphoric ester groups is 1. The highest BCUT2D eigenvalue weighted by atomic mass is 31.2. The predicted molar refractivity (Wildman–Crippen MR) is 215 cm³/mol. The zero-order valence-electron chi connectivity index (χ0n) is 30.4. The Morgan fingerprint density at radius 3 is 1.39 bits per heavy atom. The molecule has 59 heavy (non-hydrogen) atoms. The first kappa shape index (κ1) is 40.0. The number of nitriles is 6. The molecule has 0 spiro atoms. The second kappa shape index (κ2) is 17.8. The average molecular weight is 789 g/mol. The van der Waals surface area contributed by atoms with Gasteiger partial charge in [0.1, 0.15) is 65.2 Å². The fourth-order valence-electron chi connectivity index (χ4n) is 5.99. The third kappa shape index (κ3) is 9.40. The van der Waals surface area contributed by atoms with Gasteiger partial charge in [0.25, 0.3) is 0 Å². The summed E-state index contributed by atoms with van der Waals surface area (Å²) in [6.07, 6.45) is 0. The fraction of sp³-hybridized carbons (Fsp3) is 0. The van der Waals surface area contributed by atoms with Crippen LogP contribution in [0.1, 0.15) is 33.4 Å². The summed E-state index contributed by atoms with van der Waals surface area (Å²) in [5, 5.41) is 55.5. The molecular formula is C46H25N6O6P. The smallest absolute Gasteiger partial charge is 0.457 e. The molecule has 0 atom stereocenters. The summed E-state index contributed by atoms with van der Waals surface area (Å²) in [7, 11) is -5.07. The molecule has 0 unspecified atom stereocenters. The Morgan fingerprint density at radius 1 is 0.441 bits per heavy atom. The van der Waals surface area contributed by atoms with E-state index in [-0.39, 0.29) is 28.0 Å². The Balaban J connectivity index is 0.000000512. The number of benzene rings is 7. The van der Waals surface area contributed by atoms with E-state index in [4.69, 9.17) is 24.5 Å². The van der Waals surface area contributed by atoms with Gasteiger partial charge in [-0.2, -0.15) is 31.6 Å². The van der Waals surface area contributed by atoms with Crippen molar-refractivity contribution in [2.45, 2.75) is 0 Å². The van der Waals surface area contributed by atoms with Crippen molar-refractivity contribution in [2.75, 3.05) is 0 Å². The summed E-state index contributed by atoms with van der Waals surface area (Å²) in [5.74, 6) is 1.34. The molecule has 280 valence electrons. The van der Waals surface area contributed by atoms with Crippen molar-refractivity contribution < 1.29 is 28.3 Å². The van der Waals surface area contributed by atoms with Crippen molar-refractivity contribution in [1.29, 1.82) is 31.6 Å². The van der Waals surface area contributed by atoms with E-state index < -0.39 is 7.82 Å². The van der Waals surface area contributed by atoms with Gasteiger partial charge in [0, 0.05) is 10.9 Å². The third-order valence-corrected chi connectivity index (χ3v) is 9.00. The molecule has 0 amide bonds. The minimum absolute atomic E-state index is 0.0548. The molecule has 13 heteroatoms. The van der Waals surface area contributed by atoms with Gasteiger partial charge in [0.15, 0.2) is 0 Å². The quantitative estimate of drug-likeness (QED) is 0.137. The van der Waals surface area contributed by atoms with E-state index in [2.05, 4.69) is 0 Å². The summed E-state index contributed by atoms with van der Waals surface area (Å²) in [6, 6.07) is 50.2. The number of hydrogen-bond acceptors (Lipinski definition) is 10. The number of fused-ring (bicyclic) bond motifs is 1. The molecule has 7 rings (SSSR count). The lowest BCUT2D eigenvalue weighted by atomic mass is 9.90. The first-order chi connectivity index (χ1) is 28.6. The van der Waals surface area contributed by atoms with Crippen LogP contribution in [0.2, 0.25) is 0 Å². The van der Waals surface area contributed by atoms with E-state index in [0.717, 1.165) is 0 Å². The van der Waals surface area contributed by atoms with E-state index >= 15 is 0 Å². The molecule has 0 fully saturated rings. The van der Waals surface area contributed by atoms with E-state index in [9.17, 15) is 35.4 Å². The van der Waals surface area contributed by atoms with Gasteiger partial charge >= 0.3 is 7.82 Å². The number of ether oxygens (including phenoxy) is 2. The standard InChI is InChI=1S/C38H21N4O6P.C8H4N2/c39-20-27-11-13-33(17-29(27)22-41)46-31-8-3-6-24(15-31)36-19-25-5-1-2-10-35(25)38(48-49(43,44)45)37(36)26-7-4-9-32(16-26)47-34-14-12-28(21-40)30(18-34)23-42;9-5-7-3-1-2-4-8(7)6-10/h1-19H,(H2,43,44,45);1-4H. The monoisotopic (exact) mass is 788 g/mol. The van der Waals surface area contributed by atoms with Gasteiger partial charge in [-0.05, 0) is 101 Å². The summed E-state index contributed by atoms with van der Waals surface area (Å²) in [6.45, 7) is 0. The number of rotatable bonds is 8. The van der Waals surface area contributed by atoms with Crippen LogP contribution < -0.4 is 14.0 Å². The molecule has 0 aromatic heterocycles. The molecule has 7 aromatic rings. The minimum atomic E-state index is -5.07. The molecule has 0 aliphatic carbocycles. The minimum Gasteiger partial charge on any atom is -0.457 e. The largest absolute Gasteiger partial charge is 0.524 e.